The molecule has 0 amide bonds. The molecule has 2 aliphatic heterocycles. The van der Waals surface area contributed by atoms with Crippen molar-refractivity contribution in [1.29, 1.82) is 0 Å². The van der Waals surface area contributed by atoms with Crippen LogP contribution in [0.15, 0.2) is 12.3 Å². The van der Waals surface area contributed by atoms with Crippen molar-refractivity contribution in [2.75, 3.05) is 6.54 Å². The lowest BCUT2D eigenvalue weighted by molar-refractivity contribution is -0.123. The zero-order valence-corrected chi connectivity index (χ0v) is 6.84. The fourth-order valence-electron chi connectivity index (χ4n) is 1.98. The third-order valence-electron chi connectivity index (χ3n) is 2.88. The van der Waals surface area contributed by atoms with Crippen LogP contribution in [0.3, 0.4) is 0 Å². The smallest absolute Gasteiger partial charge is 0.182 e. The van der Waals surface area contributed by atoms with Crippen LogP contribution in [0.1, 0.15) is 26.2 Å². The Kier molecular flexibility index (Phi) is 1.31. The lowest BCUT2D eigenvalue weighted by atomic mass is 9.87. The van der Waals surface area contributed by atoms with Crippen LogP contribution in [0.25, 0.3) is 0 Å². The predicted octanol–water partition coefficient (Wildman–Crippen LogP) is 1.33. The topological polar surface area (TPSA) is 20.3 Å². The summed E-state index contributed by atoms with van der Waals surface area (Å²) in [5, 5.41) is 0. The van der Waals surface area contributed by atoms with E-state index in [2.05, 4.69) is 11.8 Å². The summed E-state index contributed by atoms with van der Waals surface area (Å²) in [6.45, 7) is 3.10. The summed E-state index contributed by atoms with van der Waals surface area (Å²) in [5.74, 6) is 0.289. The van der Waals surface area contributed by atoms with Crippen LogP contribution in [0, 0.1) is 0 Å². The zero-order chi connectivity index (χ0) is 7.90. The van der Waals surface area contributed by atoms with E-state index in [4.69, 9.17) is 0 Å². The first-order valence-corrected chi connectivity index (χ1v) is 4.23. The van der Waals surface area contributed by atoms with E-state index in [0.29, 0.717) is 0 Å². The maximum absolute atomic E-state index is 11.4. The second kappa shape index (κ2) is 2.10. The van der Waals surface area contributed by atoms with Gasteiger partial charge in [0.2, 0.25) is 0 Å². The van der Waals surface area contributed by atoms with Gasteiger partial charge in [-0.05, 0) is 32.3 Å². The van der Waals surface area contributed by atoms with Crippen LogP contribution >= 0.6 is 0 Å². The number of hydrogen-bond acceptors (Lipinski definition) is 2. The van der Waals surface area contributed by atoms with E-state index >= 15 is 0 Å². The molecule has 0 aromatic heterocycles. The van der Waals surface area contributed by atoms with Gasteiger partial charge in [0.05, 0.1) is 5.54 Å². The van der Waals surface area contributed by atoms with Crippen molar-refractivity contribution in [2.45, 2.75) is 31.7 Å². The minimum atomic E-state index is -0.168. The van der Waals surface area contributed by atoms with Crippen molar-refractivity contribution in [2.24, 2.45) is 0 Å². The van der Waals surface area contributed by atoms with Crippen molar-refractivity contribution < 1.29 is 4.79 Å². The summed E-state index contributed by atoms with van der Waals surface area (Å²) in [6, 6.07) is 0. The van der Waals surface area contributed by atoms with Crippen LogP contribution in [-0.2, 0) is 4.79 Å². The fourth-order valence-corrected chi connectivity index (χ4v) is 1.98. The van der Waals surface area contributed by atoms with Gasteiger partial charge in [-0.3, -0.25) is 4.79 Å². The summed E-state index contributed by atoms with van der Waals surface area (Å²) < 4.78 is 0. The van der Waals surface area contributed by atoms with Crippen LogP contribution in [0.2, 0.25) is 0 Å². The Labute approximate surface area is 66.9 Å². The molecule has 0 radical (unpaired) electrons. The predicted molar refractivity (Wildman–Crippen MR) is 43.1 cm³/mol. The second-order valence-electron chi connectivity index (χ2n) is 3.60. The minimum absolute atomic E-state index is 0.168. The molecule has 11 heavy (non-hydrogen) atoms. The van der Waals surface area contributed by atoms with Crippen molar-refractivity contribution in [3.05, 3.63) is 12.3 Å². The maximum atomic E-state index is 11.4. The molecule has 0 N–H and O–H groups in total. The van der Waals surface area contributed by atoms with Gasteiger partial charge >= 0.3 is 0 Å². The molecule has 1 unspecified atom stereocenters. The maximum Gasteiger partial charge on any atom is 0.182 e. The molecule has 1 atom stereocenters. The molecule has 60 valence electrons. The van der Waals surface area contributed by atoms with Gasteiger partial charge in [-0.2, -0.15) is 0 Å². The summed E-state index contributed by atoms with van der Waals surface area (Å²) >= 11 is 0. The Morgan fingerprint density at radius 2 is 2.36 bits per heavy atom. The highest BCUT2D eigenvalue weighted by Gasteiger charge is 2.41. The largest absolute Gasteiger partial charge is 0.365 e. The Morgan fingerprint density at radius 1 is 1.55 bits per heavy atom. The van der Waals surface area contributed by atoms with Crippen molar-refractivity contribution >= 4 is 5.78 Å². The molecule has 1 saturated heterocycles. The standard InChI is InChI=1S/C9H13NO/c1-9-5-2-3-6-10(9)7-4-8(9)11/h4,7H,2-3,5-6H2,1H3. The number of ketones is 1. The number of rotatable bonds is 0. The Hall–Kier alpha value is -0.790. The molecular weight excluding hydrogens is 138 g/mol. The van der Waals surface area contributed by atoms with Gasteiger partial charge in [-0.25, -0.2) is 0 Å². The first-order chi connectivity index (χ1) is 5.23. The molecule has 0 aromatic rings. The lowest BCUT2D eigenvalue weighted by Gasteiger charge is -2.38. The second-order valence-corrected chi connectivity index (χ2v) is 3.60. The van der Waals surface area contributed by atoms with E-state index in [9.17, 15) is 4.79 Å². The zero-order valence-electron chi connectivity index (χ0n) is 6.84. The third kappa shape index (κ3) is 0.817. The molecule has 0 bridgehead atoms. The quantitative estimate of drug-likeness (QED) is 0.520. The number of piperidine rings is 1. The Morgan fingerprint density at radius 3 is 3.09 bits per heavy atom. The summed E-state index contributed by atoms with van der Waals surface area (Å²) in [6.07, 6.45) is 7.11. The molecule has 0 aromatic carbocycles. The van der Waals surface area contributed by atoms with Gasteiger partial charge in [0.1, 0.15) is 0 Å². The van der Waals surface area contributed by atoms with Gasteiger partial charge in [0.15, 0.2) is 5.78 Å². The van der Waals surface area contributed by atoms with E-state index in [-0.39, 0.29) is 11.3 Å². The van der Waals surface area contributed by atoms with Crippen molar-refractivity contribution in [3.8, 4) is 0 Å². The average Bonchev–Trinajstić information content (AvgIpc) is 2.29. The van der Waals surface area contributed by atoms with Crippen LogP contribution < -0.4 is 0 Å². The van der Waals surface area contributed by atoms with E-state index in [1.54, 1.807) is 6.08 Å². The van der Waals surface area contributed by atoms with E-state index in [1.165, 1.54) is 12.8 Å². The molecular formula is C9H13NO. The highest BCUT2D eigenvalue weighted by molar-refractivity contribution is 5.99. The van der Waals surface area contributed by atoms with Crippen LogP contribution in [0.5, 0.6) is 0 Å². The van der Waals surface area contributed by atoms with Crippen molar-refractivity contribution in [1.82, 2.24) is 4.90 Å². The van der Waals surface area contributed by atoms with E-state index in [1.807, 2.05) is 6.20 Å². The molecule has 2 nitrogen and oxygen atoms in total. The molecule has 2 heterocycles. The molecule has 2 heteroatoms. The molecule has 0 spiro atoms. The Balaban J connectivity index is 2.28. The van der Waals surface area contributed by atoms with Gasteiger partial charge in [0, 0.05) is 12.7 Å². The number of carbonyl (C=O) groups is 1. The van der Waals surface area contributed by atoms with Crippen LogP contribution in [-0.4, -0.2) is 22.8 Å². The first-order valence-electron chi connectivity index (χ1n) is 4.23. The van der Waals surface area contributed by atoms with E-state index in [0.717, 1.165) is 13.0 Å². The normalized spacial score (nSPS) is 36.1. The van der Waals surface area contributed by atoms with Gasteiger partial charge in [-0.1, -0.05) is 0 Å². The van der Waals surface area contributed by atoms with Gasteiger partial charge in [-0.15, -0.1) is 0 Å². The summed E-state index contributed by atoms with van der Waals surface area (Å²) in [5.41, 5.74) is -0.168. The third-order valence-corrected chi connectivity index (χ3v) is 2.88. The number of hydrogen-bond donors (Lipinski definition) is 0. The molecule has 1 fully saturated rings. The number of fused-ring (bicyclic) bond motifs is 1. The van der Waals surface area contributed by atoms with Gasteiger partial charge < -0.3 is 4.90 Å². The highest BCUT2D eigenvalue weighted by atomic mass is 16.1. The summed E-state index contributed by atoms with van der Waals surface area (Å²) in [4.78, 5) is 13.6. The highest BCUT2D eigenvalue weighted by Crippen LogP contribution is 2.32. The Bertz CT molecular complexity index is 222. The first kappa shape index (κ1) is 6.89. The monoisotopic (exact) mass is 151 g/mol. The SMILES string of the molecule is CC12CCCCN1C=CC2=O. The molecule has 0 aliphatic carbocycles. The molecule has 2 aliphatic rings. The number of nitrogens with zero attached hydrogens (tertiary/aromatic N) is 1. The molecule has 0 saturated carbocycles. The lowest BCUT2D eigenvalue weighted by Crippen LogP contribution is -2.48. The summed E-state index contributed by atoms with van der Waals surface area (Å²) in [7, 11) is 0. The number of carbonyl (C=O) groups excluding carboxylic acids is 1. The molecule has 2 rings (SSSR count). The van der Waals surface area contributed by atoms with E-state index < -0.39 is 0 Å². The fraction of sp³-hybridized carbons (Fsp3) is 0.667. The average molecular weight is 151 g/mol. The van der Waals surface area contributed by atoms with Crippen LogP contribution in [0.4, 0.5) is 0 Å². The van der Waals surface area contributed by atoms with Crippen molar-refractivity contribution in [3.63, 3.8) is 0 Å². The van der Waals surface area contributed by atoms with Gasteiger partial charge in [0.25, 0.3) is 0 Å². The minimum Gasteiger partial charge on any atom is -0.365 e.